The lowest BCUT2D eigenvalue weighted by molar-refractivity contribution is -0.750. The molecule has 3 N–H and O–H groups in total. The molecule has 180 valence electrons. The first-order chi connectivity index (χ1) is 17.6. The van der Waals surface area contributed by atoms with Crippen LogP contribution < -0.4 is 15.3 Å². The summed E-state index contributed by atoms with van der Waals surface area (Å²) < 4.78 is 10.8. The number of aromatic nitrogens is 1. The third-order valence-electron chi connectivity index (χ3n) is 7.38. The van der Waals surface area contributed by atoms with E-state index in [4.69, 9.17) is 20.3 Å². The number of nitrogens with two attached hydrogens (primary N) is 1. The van der Waals surface area contributed by atoms with Gasteiger partial charge in [-0.25, -0.2) is 0 Å². The molecule has 1 amide bonds. The zero-order valence-corrected chi connectivity index (χ0v) is 19.6. The summed E-state index contributed by atoms with van der Waals surface area (Å²) in [4.78, 5) is 28.0. The van der Waals surface area contributed by atoms with Crippen molar-refractivity contribution in [1.29, 1.82) is 0 Å². The van der Waals surface area contributed by atoms with Crippen molar-refractivity contribution in [2.75, 3.05) is 19.9 Å². The van der Waals surface area contributed by atoms with E-state index in [0.717, 1.165) is 46.7 Å². The number of likely N-dealkylation sites (tertiary alicyclic amines) is 1. The molecular weight excluding hydrogens is 456 g/mol. The molecule has 9 heteroatoms. The van der Waals surface area contributed by atoms with Crippen LogP contribution in [-0.2, 0) is 0 Å². The van der Waals surface area contributed by atoms with Crippen molar-refractivity contribution in [2.24, 2.45) is 21.7 Å². The maximum absolute atomic E-state index is 13.2. The van der Waals surface area contributed by atoms with Gasteiger partial charge in [0.1, 0.15) is 17.6 Å². The van der Waals surface area contributed by atoms with E-state index in [1.807, 2.05) is 35.5 Å². The van der Waals surface area contributed by atoms with Crippen molar-refractivity contribution in [1.82, 2.24) is 9.88 Å². The highest BCUT2D eigenvalue weighted by molar-refractivity contribution is 6.02. The average Bonchev–Trinajstić information content (AvgIpc) is 3.62. The number of fused-ring (bicyclic) bond motifs is 3. The first kappa shape index (κ1) is 21.1. The van der Waals surface area contributed by atoms with Crippen LogP contribution in [0.15, 0.2) is 82.3 Å². The summed E-state index contributed by atoms with van der Waals surface area (Å²) in [6, 6.07) is 15.6. The molecule has 4 aliphatic heterocycles. The van der Waals surface area contributed by atoms with Gasteiger partial charge in [0.25, 0.3) is 11.7 Å². The van der Waals surface area contributed by atoms with E-state index in [1.165, 1.54) is 0 Å². The molecule has 4 aliphatic rings. The summed E-state index contributed by atoms with van der Waals surface area (Å²) in [7, 11) is 0. The van der Waals surface area contributed by atoms with Gasteiger partial charge in [0.15, 0.2) is 11.5 Å². The number of allylic oxidation sites excluding steroid dienone is 2. The molecule has 5 heterocycles. The number of nitrogens with one attached hydrogen (secondary N) is 1. The van der Waals surface area contributed by atoms with Gasteiger partial charge in [-0.2, -0.15) is 10.8 Å². The highest BCUT2D eigenvalue weighted by atomic mass is 16.7. The van der Waals surface area contributed by atoms with E-state index in [9.17, 15) is 4.79 Å². The minimum Gasteiger partial charge on any atom is -0.454 e. The monoisotopic (exact) mass is 481 g/mol. The number of amidine groups is 1. The summed E-state index contributed by atoms with van der Waals surface area (Å²) >= 11 is 0. The minimum absolute atomic E-state index is 0.00389. The number of carbonyl (C=O) groups is 1. The van der Waals surface area contributed by atoms with Crippen molar-refractivity contribution in [2.45, 2.75) is 12.8 Å². The number of aliphatic imine (C=N–C) groups is 2. The molecular formula is C27H25N6O3+. The van der Waals surface area contributed by atoms with E-state index in [1.54, 1.807) is 24.4 Å². The number of nitrogens with zero attached hydrogens (tertiary/aromatic N) is 4. The van der Waals surface area contributed by atoms with E-state index < -0.39 is 0 Å². The molecule has 7 rings (SSSR count). The fourth-order valence-corrected chi connectivity index (χ4v) is 5.45. The molecule has 0 radical (unpaired) electrons. The second-order valence-electron chi connectivity index (χ2n) is 9.46. The number of benzene rings is 2. The van der Waals surface area contributed by atoms with E-state index in [-0.39, 0.29) is 23.2 Å². The zero-order valence-electron chi connectivity index (χ0n) is 19.6. The van der Waals surface area contributed by atoms with Crippen LogP contribution in [-0.4, -0.2) is 52.3 Å². The molecule has 0 spiro atoms. The Balaban J connectivity index is 1.14. The van der Waals surface area contributed by atoms with Crippen molar-refractivity contribution in [3.05, 3.63) is 83.6 Å². The molecule has 9 nitrogen and oxygen atoms in total. The Labute approximate surface area is 207 Å². The number of H-pyrrole nitrogens is 1. The third kappa shape index (κ3) is 3.20. The number of piperidine rings is 1. The second-order valence-corrected chi connectivity index (χ2v) is 9.46. The van der Waals surface area contributed by atoms with Gasteiger partial charge >= 0.3 is 0 Å². The van der Waals surface area contributed by atoms with E-state index in [2.05, 4.69) is 22.1 Å². The second kappa shape index (κ2) is 7.91. The van der Waals surface area contributed by atoms with Crippen molar-refractivity contribution in [3.8, 4) is 11.5 Å². The van der Waals surface area contributed by atoms with Gasteiger partial charge in [-0.05, 0) is 43.2 Å². The highest BCUT2D eigenvalue weighted by Crippen LogP contribution is 2.39. The van der Waals surface area contributed by atoms with E-state index >= 15 is 0 Å². The number of hydrogen-bond acceptors (Lipinski definition) is 6. The van der Waals surface area contributed by atoms with E-state index in [0.29, 0.717) is 30.2 Å². The number of carbonyl (C=O) groups excluding carboxylic acids is 1. The predicted octanol–water partition coefficient (Wildman–Crippen LogP) is 3.67. The number of amides is 1. The van der Waals surface area contributed by atoms with Crippen molar-refractivity contribution < 1.29 is 18.9 Å². The van der Waals surface area contributed by atoms with Crippen LogP contribution in [0.5, 0.6) is 11.5 Å². The Kier molecular flexibility index (Phi) is 4.63. The van der Waals surface area contributed by atoms with Crippen molar-refractivity contribution >= 4 is 28.9 Å². The number of rotatable bonds is 3. The molecule has 3 aromatic rings. The standard InChI is InChI=1S/C27H25N6O3/c28-33-12-9-29-15-22(33)25(31-26(33)21-13-18-3-1-2-4-20(18)30-21)17-7-10-32(11-8-17)27(34)19-5-6-23-24(14-19)36-16-35-23/h1-6,9,12-15,17,30H,7-8,10-11,16,28H2/q+1. The maximum Gasteiger partial charge on any atom is 0.281 e. The van der Waals surface area contributed by atoms with Gasteiger partial charge < -0.3 is 19.4 Å². The number of para-hydroxylation sites is 1. The average molecular weight is 482 g/mol. The fourth-order valence-electron chi connectivity index (χ4n) is 5.45. The number of ether oxygens (including phenoxy) is 2. The highest BCUT2D eigenvalue weighted by Gasteiger charge is 2.46. The number of aromatic amines is 1. The largest absolute Gasteiger partial charge is 0.454 e. The van der Waals surface area contributed by atoms with Crippen LogP contribution in [0.25, 0.3) is 10.9 Å². The van der Waals surface area contributed by atoms with Crippen LogP contribution >= 0.6 is 0 Å². The summed E-state index contributed by atoms with van der Waals surface area (Å²) in [6.07, 6.45) is 7.01. The van der Waals surface area contributed by atoms with Gasteiger partial charge in [0, 0.05) is 35.5 Å². The molecule has 36 heavy (non-hydrogen) atoms. The lowest BCUT2D eigenvalue weighted by Gasteiger charge is -2.32. The van der Waals surface area contributed by atoms with Gasteiger partial charge in [-0.15, -0.1) is 4.59 Å². The lowest BCUT2D eigenvalue weighted by atomic mass is 9.92. The van der Waals surface area contributed by atoms with Gasteiger partial charge in [-0.3, -0.25) is 9.79 Å². The smallest absolute Gasteiger partial charge is 0.281 e. The first-order valence-electron chi connectivity index (χ1n) is 12.1. The van der Waals surface area contributed by atoms with Crippen LogP contribution in [0.3, 0.4) is 0 Å². The maximum atomic E-state index is 13.2. The molecule has 0 aliphatic carbocycles. The number of quaternary nitrogens is 1. The molecule has 1 unspecified atom stereocenters. The SMILES string of the molecule is N[N+]12C=CN=CC1=C(C1CCN(C(=O)c3ccc4c(c3)OCO4)CC1)N=C2c1cc2ccccc2[nH]1. The molecule has 1 aromatic heterocycles. The van der Waals surface area contributed by atoms with Crippen molar-refractivity contribution in [3.63, 3.8) is 0 Å². The molecule has 1 atom stereocenters. The quantitative estimate of drug-likeness (QED) is 0.440. The predicted molar refractivity (Wildman–Crippen MR) is 135 cm³/mol. The minimum atomic E-state index is -0.0119. The summed E-state index contributed by atoms with van der Waals surface area (Å²) in [5.41, 5.74) is 4.38. The Morgan fingerprint density at radius 1 is 1.08 bits per heavy atom. The summed E-state index contributed by atoms with van der Waals surface area (Å²) in [6.45, 7) is 1.48. The molecule has 2 aromatic carbocycles. The summed E-state index contributed by atoms with van der Waals surface area (Å²) in [5, 5.41) is 1.11. The van der Waals surface area contributed by atoms with Crippen LogP contribution in [0.2, 0.25) is 0 Å². The van der Waals surface area contributed by atoms with Gasteiger partial charge in [0.05, 0.1) is 12.4 Å². The van der Waals surface area contributed by atoms with Crippen LogP contribution in [0.4, 0.5) is 0 Å². The fraction of sp³-hybridized carbons (Fsp3) is 0.222. The zero-order chi connectivity index (χ0) is 24.3. The summed E-state index contributed by atoms with van der Waals surface area (Å²) in [5.74, 6) is 9.15. The Morgan fingerprint density at radius 2 is 1.92 bits per heavy atom. The molecule has 0 saturated carbocycles. The third-order valence-corrected chi connectivity index (χ3v) is 7.38. The van der Waals surface area contributed by atoms with Crippen LogP contribution in [0.1, 0.15) is 28.9 Å². The Morgan fingerprint density at radius 3 is 2.78 bits per heavy atom. The normalized spacial score (nSPS) is 22.9. The van der Waals surface area contributed by atoms with Crippen LogP contribution in [0, 0.1) is 5.92 Å². The first-order valence-corrected chi connectivity index (χ1v) is 12.1. The number of hydrogen-bond donors (Lipinski definition) is 2. The van der Waals surface area contributed by atoms with Gasteiger partial charge in [0.2, 0.25) is 12.5 Å². The lowest BCUT2D eigenvalue weighted by Crippen LogP contribution is -2.53. The molecule has 0 bridgehead atoms. The Hall–Kier alpha value is -4.21. The Bertz CT molecular complexity index is 1490. The molecule has 1 fully saturated rings. The molecule has 1 saturated heterocycles. The topological polar surface area (TPSA) is 105 Å². The van der Waals surface area contributed by atoms with Gasteiger partial charge in [-0.1, -0.05) is 18.2 Å².